The highest BCUT2D eigenvalue weighted by Gasteiger charge is 2.25. The van der Waals surface area contributed by atoms with Gasteiger partial charge in [-0.3, -0.25) is 4.79 Å². The Balaban J connectivity index is 1.67. The number of rotatable bonds is 3. The first-order valence-corrected chi connectivity index (χ1v) is 7.63. The number of amides is 1. The SMILES string of the molecule is N#C/C(=C\c1ccco1)C(=O)N1CCN(c2ccccc2F)CC1. The molecule has 1 aromatic heterocycles. The van der Waals surface area contributed by atoms with Gasteiger partial charge in [-0.2, -0.15) is 5.26 Å². The van der Waals surface area contributed by atoms with E-state index in [9.17, 15) is 14.4 Å². The molecule has 0 bridgehead atoms. The van der Waals surface area contributed by atoms with Gasteiger partial charge in [0, 0.05) is 32.3 Å². The first-order chi connectivity index (χ1) is 11.7. The fourth-order valence-corrected chi connectivity index (χ4v) is 2.69. The van der Waals surface area contributed by atoms with Crippen LogP contribution in [0.2, 0.25) is 0 Å². The van der Waals surface area contributed by atoms with Crippen LogP contribution in [0.15, 0.2) is 52.7 Å². The van der Waals surface area contributed by atoms with E-state index in [-0.39, 0.29) is 17.3 Å². The number of para-hydroxylation sites is 1. The van der Waals surface area contributed by atoms with Crippen LogP contribution in [0.1, 0.15) is 5.76 Å². The molecule has 0 spiro atoms. The number of halogens is 1. The molecule has 1 saturated heterocycles. The molecule has 1 aromatic carbocycles. The van der Waals surface area contributed by atoms with Crippen LogP contribution in [0.4, 0.5) is 10.1 Å². The van der Waals surface area contributed by atoms with E-state index in [1.165, 1.54) is 18.4 Å². The van der Waals surface area contributed by atoms with Gasteiger partial charge in [0.15, 0.2) is 0 Å². The van der Waals surface area contributed by atoms with Crippen molar-refractivity contribution in [3.8, 4) is 6.07 Å². The highest BCUT2D eigenvalue weighted by atomic mass is 19.1. The summed E-state index contributed by atoms with van der Waals surface area (Å²) in [5, 5.41) is 9.22. The summed E-state index contributed by atoms with van der Waals surface area (Å²) in [7, 11) is 0. The number of benzene rings is 1. The van der Waals surface area contributed by atoms with Gasteiger partial charge in [-0.05, 0) is 24.3 Å². The van der Waals surface area contributed by atoms with Crippen molar-refractivity contribution in [2.24, 2.45) is 0 Å². The second-order valence-electron chi connectivity index (χ2n) is 5.42. The predicted molar refractivity (Wildman–Crippen MR) is 87.5 cm³/mol. The van der Waals surface area contributed by atoms with Crippen molar-refractivity contribution in [3.05, 3.63) is 59.8 Å². The highest BCUT2D eigenvalue weighted by Crippen LogP contribution is 2.21. The van der Waals surface area contributed by atoms with Crippen molar-refractivity contribution < 1.29 is 13.6 Å². The lowest BCUT2D eigenvalue weighted by Crippen LogP contribution is -2.49. The number of piperazine rings is 1. The van der Waals surface area contributed by atoms with Crippen LogP contribution >= 0.6 is 0 Å². The van der Waals surface area contributed by atoms with Crippen molar-refractivity contribution in [2.75, 3.05) is 31.1 Å². The molecule has 1 amide bonds. The maximum atomic E-state index is 13.8. The Kier molecular flexibility index (Phi) is 4.62. The van der Waals surface area contributed by atoms with E-state index in [1.54, 1.807) is 35.2 Å². The Morgan fingerprint density at radius 3 is 2.54 bits per heavy atom. The highest BCUT2D eigenvalue weighted by molar-refractivity contribution is 6.01. The van der Waals surface area contributed by atoms with Crippen LogP contribution in [0.5, 0.6) is 0 Å². The van der Waals surface area contributed by atoms with Crippen molar-refractivity contribution in [1.82, 2.24) is 4.90 Å². The van der Waals surface area contributed by atoms with Gasteiger partial charge in [-0.1, -0.05) is 12.1 Å². The molecule has 0 N–H and O–H groups in total. The van der Waals surface area contributed by atoms with E-state index in [2.05, 4.69) is 0 Å². The molecular formula is C18H16FN3O2. The van der Waals surface area contributed by atoms with E-state index in [0.717, 1.165) is 0 Å². The number of hydrogen-bond acceptors (Lipinski definition) is 4. The maximum Gasteiger partial charge on any atom is 0.264 e. The third kappa shape index (κ3) is 3.30. The first-order valence-electron chi connectivity index (χ1n) is 7.63. The molecule has 3 rings (SSSR count). The van der Waals surface area contributed by atoms with Crippen molar-refractivity contribution >= 4 is 17.7 Å². The normalized spacial score (nSPS) is 15.2. The van der Waals surface area contributed by atoms with E-state index in [1.807, 2.05) is 11.0 Å². The molecule has 0 radical (unpaired) electrons. The minimum Gasteiger partial charge on any atom is -0.465 e. The molecule has 6 heteroatoms. The molecule has 0 saturated carbocycles. The number of nitriles is 1. The minimum absolute atomic E-state index is 0.0318. The third-order valence-corrected chi connectivity index (χ3v) is 3.94. The van der Waals surface area contributed by atoms with Crippen LogP contribution in [0.25, 0.3) is 6.08 Å². The lowest BCUT2D eigenvalue weighted by Gasteiger charge is -2.36. The molecular weight excluding hydrogens is 309 g/mol. The van der Waals surface area contributed by atoms with Gasteiger partial charge >= 0.3 is 0 Å². The van der Waals surface area contributed by atoms with Crippen molar-refractivity contribution in [3.63, 3.8) is 0 Å². The van der Waals surface area contributed by atoms with E-state index >= 15 is 0 Å². The quantitative estimate of drug-likeness (QED) is 0.643. The second kappa shape index (κ2) is 7.01. The van der Waals surface area contributed by atoms with Crippen molar-refractivity contribution in [1.29, 1.82) is 5.26 Å². The van der Waals surface area contributed by atoms with Gasteiger partial charge in [0.25, 0.3) is 5.91 Å². The molecule has 2 heterocycles. The van der Waals surface area contributed by atoms with Gasteiger partial charge in [0.05, 0.1) is 12.0 Å². The molecule has 0 atom stereocenters. The molecule has 1 aliphatic rings. The molecule has 24 heavy (non-hydrogen) atoms. The molecule has 0 aliphatic carbocycles. The Hall–Kier alpha value is -3.07. The van der Waals surface area contributed by atoms with E-state index in [4.69, 9.17) is 4.42 Å². The number of carbonyl (C=O) groups is 1. The maximum absolute atomic E-state index is 13.8. The third-order valence-electron chi connectivity index (χ3n) is 3.94. The zero-order valence-corrected chi connectivity index (χ0v) is 13.0. The lowest BCUT2D eigenvalue weighted by molar-refractivity contribution is -0.126. The lowest BCUT2D eigenvalue weighted by atomic mass is 10.2. The van der Waals surface area contributed by atoms with Crippen LogP contribution < -0.4 is 4.90 Å². The summed E-state index contributed by atoms with van der Waals surface area (Å²) in [6, 6.07) is 11.9. The fourth-order valence-electron chi connectivity index (χ4n) is 2.69. The van der Waals surface area contributed by atoms with Gasteiger partial charge in [-0.25, -0.2) is 4.39 Å². The largest absolute Gasteiger partial charge is 0.465 e. The Labute approximate surface area is 139 Å². The topological polar surface area (TPSA) is 60.5 Å². The Bertz CT molecular complexity index is 785. The molecule has 1 fully saturated rings. The van der Waals surface area contributed by atoms with E-state index in [0.29, 0.717) is 37.6 Å². The number of carbonyl (C=O) groups excluding carboxylic acids is 1. The summed E-state index contributed by atoms with van der Waals surface area (Å²) in [6.45, 7) is 1.91. The predicted octanol–water partition coefficient (Wildman–Crippen LogP) is 2.67. The van der Waals surface area contributed by atoms with Crippen molar-refractivity contribution in [2.45, 2.75) is 0 Å². The summed E-state index contributed by atoms with van der Waals surface area (Å²) in [5.74, 6) is -0.139. The van der Waals surface area contributed by atoms with E-state index < -0.39 is 0 Å². The Morgan fingerprint density at radius 1 is 1.17 bits per heavy atom. The average Bonchev–Trinajstić information content (AvgIpc) is 3.13. The standard InChI is InChI=1S/C18H16FN3O2/c19-16-5-1-2-6-17(16)21-7-9-22(10-8-21)18(23)14(13-20)12-15-4-3-11-24-15/h1-6,11-12H,7-10H2/b14-12+. The number of furan rings is 1. The van der Waals surface area contributed by atoms with Crippen LogP contribution in [0, 0.1) is 17.1 Å². The number of hydrogen-bond donors (Lipinski definition) is 0. The monoisotopic (exact) mass is 325 g/mol. The zero-order chi connectivity index (χ0) is 16.9. The first kappa shape index (κ1) is 15.8. The van der Waals surface area contributed by atoms with Gasteiger partial charge in [0.1, 0.15) is 23.2 Å². The van der Waals surface area contributed by atoms with Gasteiger partial charge in [-0.15, -0.1) is 0 Å². The van der Waals surface area contributed by atoms with Crippen LogP contribution in [-0.4, -0.2) is 37.0 Å². The summed E-state index contributed by atoms with van der Waals surface area (Å²) >= 11 is 0. The minimum atomic E-state index is -0.331. The molecule has 122 valence electrons. The van der Waals surface area contributed by atoms with Gasteiger partial charge in [0.2, 0.25) is 0 Å². The number of nitrogens with zero attached hydrogens (tertiary/aromatic N) is 3. The summed E-state index contributed by atoms with van der Waals surface area (Å²) in [6.07, 6.45) is 2.92. The summed E-state index contributed by atoms with van der Waals surface area (Å²) in [5.41, 5.74) is 0.570. The average molecular weight is 325 g/mol. The van der Waals surface area contributed by atoms with Crippen LogP contribution in [0.3, 0.4) is 0 Å². The summed E-state index contributed by atoms with van der Waals surface area (Å²) < 4.78 is 19.0. The molecule has 2 aromatic rings. The fraction of sp³-hybridized carbons (Fsp3) is 0.222. The molecule has 1 aliphatic heterocycles. The van der Waals surface area contributed by atoms with Gasteiger partial charge < -0.3 is 14.2 Å². The number of anilines is 1. The van der Waals surface area contributed by atoms with Crippen LogP contribution in [-0.2, 0) is 4.79 Å². The second-order valence-corrected chi connectivity index (χ2v) is 5.42. The Morgan fingerprint density at radius 2 is 1.92 bits per heavy atom. The smallest absolute Gasteiger partial charge is 0.264 e. The zero-order valence-electron chi connectivity index (χ0n) is 13.0. The molecule has 5 nitrogen and oxygen atoms in total. The molecule has 0 unspecified atom stereocenters. The summed E-state index contributed by atoms with van der Waals surface area (Å²) in [4.78, 5) is 16.0.